The molecular formula is C11H22. The Morgan fingerprint density at radius 3 is 2.45 bits per heavy atom. The lowest BCUT2D eigenvalue weighted by molar-refractivity contribution is 0.662. The molecule has 1 atom stereocenters. The van der Waals surface area contributed by atoms with Crippen molar-refractivity contribution in [3.8, 4) is 0 Å². The summed E-state index contributed by atoms with van der Waals surface area (Å²) >= 11 is 0. The zero-order valence-electron chi connectivity index (χ0n) is 7.30. The van der Waals surface area contributed by atoms with Gasteiger partial charge >= 0.3 is 0 Å². The summed E-state index contributed by atoms with van der Waals surface area (Å²) in [7, 11) is 0. The SMILES string of the molecule is C.CC.CC1C=CC=CCC1. The molecule has 1 unspecified atom stereocenters. The van der Waals surface area contributed by atoms with Crippen LogP contribution in [0.2, 0.25) is 0 Å². The number of hydrogen-bond acceptors (Lipinski definition) is 0. The van der Waals surface area contributed by atoms with E-state index in [1.54, 1.807) is 0 Å². The van der Waals surface area contributed by atoms with E-state index in [1.165, 1.54) is 12.8 Å². The monoisotopic (exact) mass is 154 g/mol. The van der Waals surface area contributed by atoms with Gasteiger partial charge in [-0.3, -0.25) is 0 Å². The summed E-state index contributed by atoms with van der Waals surface area (Å²) in [4.78, 5) is 0. The maximum Gasteiger partial charge on any atom is -0.0256 e. The molecule has 0 spiro atoms. The third-order valence-electron chi connectivity index (χ3n) is 1.48. The zero-order chi connectivity index (χ0) is 7.82. The van der Waals surface area contributed by atoms with Gasteiger partial charge in [-0.15, -0.1) is 0 Å². The van der Waals surface area contributed by atoms with E-state index in [0.29, 0.717) is 0 Å². The van der Waals surface area contributed by atoms with E-state index in [2.05, 4.69) is 31.2 Å². The van der Waals surface area contributed by atoms with Crippen molar-refractivity contribution in [3.05, 3.63) is 24.3 Å². The minimum atomic E-state index is 0. The van der Waals surface area contributed by atoms with Gasteiger partial charge in [0.1, 0.15) is 0 Å². The Hall–Kier alpha value is -0.520. The largest absolute Gasteiger partial charge is 0.0845 e. The van der Waals surface area contributed by atoms with Crippen molar-refractivity contribution in [3.63, 3.8) is 0 Å². The molecule has 0 nitrogen and oxygen atoms in total. The Balaban J connectivity index is 0. The van der Waals surface area contributed by atoms with E-state index in [-0.39, 0.29) is 7.43 Å². The standard InChI is InChI=1S/C8H12.C2H6.CH4/c1-8-6-4-2-3-5-7-8;1-2;/h2-4,6,8H,5,7H2,1H3;1-2H3;1H4. The van der Waals surface area contributed by atoms with Gasteiger partial charge in [-0.1, -0.05) is 52.5 Å². The van der Waals surface area contributed by atoms with Crippen molar-refractivity contribution in [1.82, 2.24) is 0 Å². The highest BCUT2D eigenvalue weighted by Crippen LogP contribution is 2.10. The van der Waals surface area contributed by atoms with Gasteiger partial charge in [0, 0.05) is 0 Å². The van der Waals surface area contributed by atoms with Crippen LogP contribution in [0.3, 0.4) is 0 Å². The molecule has 0 amide bonds. The molecule has 1 rings (SSSR count). The van der Waals surface area contributed by atoms with E-state index in [9.17, 15) is 0 Å². The Kier molecular flexibility index (Phi) is 11.3. The van der Waals surface area contributed by atoms with Crippen LogP contribution in [0.15, 0.2) is 24.3 Å². The normalized spacial score (nSPS) is 20.8. The molecule has 0 aromatic heterocycles. The van der Waals surface area contributed by atoms with E-state index in [1.807, 2.05) is 13.8 Å². The van der Waals surface area contributed by atoms with Crippen LogP contribution in [-0.2, 0) is 0 Å². The smallest absolute Gasteiger partial charge is 0.0256 e. The van der Waals surface area contributed by atoms with E-state index >= 15 is 0 Å². The molecule has 0 aromatic rings. The molecule has 11 heavy (non-hydrogen) atoms. The molecule has 1 aliphatic rings. The van der Waals surface area contributed by atoms with Gasteiger partial charge in [0.25, 0.3) is 0 Å². The molecule has 1 aliphatic carbocycles. The molecule has 0 aromatic carbocycles. The third kappa shape index (κ3) is 7.38. The Morgan fingerprint density at radius 1 is 1.18 bits per heavy atom. The topological polar surface area (TPSA) is 0 Å². The summed E-state index contributed by atoms with van der Waals surface area (Å²) < 4.78 is 0. The number of hydrogen-bond donors (Lipinski definition) is 0. The van der Waals surface area contributed by atoms with Crippen LogP contribution in [-0.4, -0.2) is 0 Å². The van der Waals surface area contributed by atoms with Crippen molar-refractivity contribution in [2.24, 2.45) is 5.92 Å². The second-order valence-electron chi connectivity index (χ2n) is 2.37. The summed E-state index contributed by atoms with van der Waals surface area (Å²) in [6.45, 7) is 6.25. The molecular weight excluding hydrogens is 132 g/mol. The first-order chi connectivity index (χ1) is 4.89. The minimum Gasteiger partial charge on any atom is -0.0845 e. The van der Waals surface area contributed by atoms with E-state index in [0.717, 1.165) is 5.92 Å². The van der Waals surface area contributed by atoms with Crippen LogP contribution in [0.5, 0.6) is 0 Å². The van der Waals surface area contributed by atoms with Gasteiger partial charge in [-0.05, 0) is 18.8 Å². The van der Waals surface area contributed by atoms with Crippen molar-refractivity contribution in [1.29, 1.82) is 0 Å². The zero-order valence-corrected chi connectivity index (χ0v) is 7.30. The average molecular weight is 154 g/mol. The predicted molar refractivity (Wildman–Crippen MR) is 54.8 cm³/mol. The van der Waals surface area contributed by atoms with Gasteiger partial charge in [0.15, 0.2) is 0 Å². The lowest BCUT2D eigenvalue weighted by Gasteiger charge is -1.98. The van der Waals surface area contributed by atoms with Gasteiger partial charge in [0.05, 0.1) is 0 Å². The number of allylic oxidation sites excluding steroid dienone is 4. The fourth-order valence-electron chi connectivity index (χ4n) is 0.884. The lowest BCUT2D eigenvalue weighted by atomic mass is 10.1. The van der Waals surface area contributed by atoms with Crippen LogP contribution < -0.4 is 0 Å². The second kappa shape index (κ2) is 9.48. The average Bonchev–Trinajstić information content (AvgIpc) is 2.21. The van der Waals surface area contributed by atoms with Crippen molar-refractivity contribution in [2.75, 3.05) is 0 Å². The number of rotatable bonds is 0. The highest BCUT2D eigenvalue weighted by molar-refractivity contribution is 5.06. The molecule has 0 saturated heterocycles. The highest BCUT2D eigenvalue weighted by Gasteiger charge is 1.94. The molecule has 0 radical (unpaired) electrons. The van der Waals surface area contributed by atoms with Crippen LogP contribution in [0.4, 0.5) is 0 Å². The summed E-state index contributed by atoms with van der Waals surface area (Å²) in [6, 6.07) is 0. The fraction of sp³-hybridized carbons (Fsp3) is 0.636. The van der Waals surface area contributed by atoms with Gasteiger partial charge in [-0.25, -0.2) is 0 Å². The van der Waals surface area contributed by atoms with Crippen LogP contribution in [0.1, 0.15) is 41.0 Å². The molecule has 0 heterocycles. The molecule has 0 saturated carbocycles. The van der Waals surface area contributed by atoms with Crippen LogP contribution in [0.25, 0.3) is 0 Å². The Bertz CT molecular complexity index is 109. The van der Waals surface area contributed by atoms with Crippen LogP contribution >= 0.6 is 0 Å². The first kappa shape index (κ1) is 13.1. The quantitative estimate of drug-likeness (QED) is 0.490. The van der Waals surface area contributed by atoms with E-state index in [4.69, 9.17) is 0 Å². The minimum absolute atomic E-state index is 0. The first-order valence-electron chi connectivity index (χ1n) is 4.23. The Morgan fingerprint density at radius 2 is 1.82 bits per heavy atom. The van der Waals surface area contributed by atoms with Crippen molar-refractivity contribution < 1.29 is 0 Å². The first-order valence-corrected chi connectivity index (χ1v) is 4.23. The van der Waals surface area contributed by atoms with Crippen molar-refractivity contribution in [2.45, 2.75) is 41.0 Å². The third-order valence-corrected chi connectivity index (χ3v) is 1.48. The van der Waals surface area contributed by atoms with Gasteiger partial charge in [-0.2, -0.15) is 0 Å². The van der Waals surface area contributed by atoms with Gasteiger partial charge < -0.3 is 0 Å². The maximum atomic E-state index is 2.25. The summed E-state index contributed by atoms with van der Waals surface area (Å²) in [5, 5.41) is 0. The van der Waals surface area contributed by atoms with Gasteiger partial charge in [0.2, 0.25) is 0 Å². The van der Waals surface area contributed by atoms with E-state index < -0.39 is 0 Å². The molecule has 0 fully saturated rings. The molecule has 66 valence electrons. The molecule has 0 heteroatoms. The summed E-state index contributed by atoms with van der Waals surface area (Å²) in [5.74, 6) is 0.782. The summed E-state index contributed by atoms with van der Waals surface area (Å²) in [5.41, 5.74) is 0. The van der Waals surface area contributed by atoms with Crippen LogP contribution in [0, 0.1) is 5.92 Å². The highest BCUT2D eigenvalue weighted by atomic mass is 14.0. The second-order valence-corrected chi connectivity index (χ2v) is 2.37. The molecule has 0 bridgehead atoms. The predicted octanol–water partition coefficient (Wildman–Crippen LogP) is 4.19. The Labute approximate surface area is 72.0 Å². The fourth-order valence-corrected chi connectivity index (χ4v) is 0.884. The van der Waals surface area contributed by atoms with Crippen molar-refractivity contribution >= 4 is 0 Å². The maximum absolute atomic E-state index is 2.25. The summed E-state index contributed by atoms with van der Waals surface area (Å²) in [6.07, 6.45) is 11.3. The lowest BCUT2D eigenvalue weighted by Crippen LogP contribution is -1.84. The molecule has 0 N–H and O–H groups in total. The molecule has 0 aliphatic heterocycles.